The van der Waals surface area contributed by atoms with Crippen LogP contribution in [0.1, 0.15) is 18.4 Å². The molecule has 0 bridgehead atoms. The van der Waals surface area contributed by atoms with Gasteiger partial charge in [0.1, 0.15) is 5.82 Å². The Morgan fingerprint density at radius 1 is 1.56 bits per heavy atom. The van der Waals surface area contributed by atoms with Crippen molar-refractivity contribution in [3.05, 3.63) is 17.8 Å². The molecule has 0 saturated carbocycles. The summed E-state index contributed by atoms with van der Waals surface area (Å²) in [6, 6.07) is 1.95. The lowest BCUT2D eigenvalue weighted by Gasteiger charge is -2.32. The summed E-state index contributed by atoms with van der Waals surface area (Å²) in [6.45, 7) is 3.92. The van der Waals surface area contributed by atoms with E-state index in [0.717, 1.165) is 43.0 Å². The predicted octanol–water partition coefficient (Wildman–Crippen LogP) is 1.59. The van der Waals surface area contributed by atoms with Crippen LogP contribution in [0.4, 0.5) is 11.5 Å². The van der Waals surface area contributed by atoms with Crippen molar-refractivity contribution in [3.63, 3.8) is 0 Å². The molecule has 1 aromatic heterocycles. The summed E-state index contributed by atoms with van der Waals surface area (Å²) in [5, 5.41) is 0. The minimum Gasteiger partial charge on any atom is -0.398 e. The average Bonchev–Trinajstić information content (AvgIpc) is 2.33. The van der Waals surface area contributed by atoms with E-state index < -0.39 is 0 Å². The van der Waals surface area contributed by atoms with Gasteiger partial charge >= 0.3 is 0 Å². The van der Waals surface area contributed by atoms with E-state index in [9.17, 15) is 0 Å². The summed E-state index contributed by atoms with van der Waals surface area (Å²) in [5.74, 6) is 0.963. The SMILES string of the molecule is COC1CCCN(c2cc(N)c(C)cn2)C1. The molecule has 1 fully saturated rings. The fraction of sp³-hybridized carbons (Fsp3) is 0.583. The van der Waals surface area contributed by atoms with Crippen LogP contribution in [0.5, 0.6) is 0 Å². The quantitative estimate of drug-likeness (QED) is 0.824. The number of ether oxygens (including phenoxy) is 1. The zero-order valence-corrected chi connectivity index (χ0v) is 9.94. The zero-order chi connectivity index (χ0) is 11.5. The topological polar surface area (TPSA) is 51.4 Å². The van der Waals surface area contributed by atoms with Gasteiger partial charge in [-0.1, -0.05) is 0 Å². The molecule has 4 heteroatoms. The van der Waals surface area contributed by atoms with Gasteiger partial charge in [-0.05, 0) is 25.3 Å². The number of aryl methyl sites for hydroxylation is 1. The molecule has 16 heavy (non-hydrogen) atoms. The Bertz CT molecular complexity index is 367. The van der Waals surface area contributed by atoms with Gasteiger partial charge in [0.15, 0.2) is 0 Å². The van der Waals surface area contributed by atoms with E-state index in [4.69, 9.17) is 10.5 Å². The van der Waals surface area contributed by atoms with Crippen molar-refractivity contribution in [1.29, 1.82) is 0 Å². The van der Waals surface area contributed by atoms with Crippen molar-refractivity contribution in [1.82, 2.24) is 4.98 Å². The van der Waals surface area contributed by atoms with Gasteiger partial charge in [-0.2, -0.15) is 0 Å². The molecule has 2 rings (SSSR count). The number of nitrogens with zero attached hydrogens (tertiary/aromatic N) is 2. The molecule has 0 spiro atoms. The number of hydrogen-bond donors (Lipinski definition) is 1. The molecular weight excluding hydrogens is 202 g/mol. The van der Waals surface area contributed by atoms with Crippen LogP contribution in [-0.2, 0) is 4.74 Å². The van der Waals surface area contributed by atoms with Gasteiger partial charge in [-0.15, -0.1) is 0 Å². The zero-order valence-electron chi connectivity index (χ0n) is 9.94. The molecule has 0 radical (unpaired) electrons. The Hall–Kier alpha value is -1.29. The highest BCUT2D eigenvalue weighted by atomic mass is 16.5. The molecule has 1 aliphatic heterocycles. The molecule has 2 N–H and O–H groups in total. The van der Waals surface area contributed by atoms with Crippen LogP contribution in [-0.4, -0.2) is 31.3 Å². The minimum atomic E-state index is 0.318. The van der Waals surface area contributed by atoms with Crippen molar-refractivity contribution in [2.45, 2.75) is 25.9 Å². The first-order valence-electron chi connectivity index (χ1n) is 5.70. The number of piperidine rings is 1. The van der Waals surface area contributed by atoms with Gasteiger partial charge in [0.05, 0.1) is 6.10 Å². The van der Waals surface area contributed by atoms with Gasteiger partial charge in [-0.25, -0.2) is 4.98 Å². The standard InChI is InChI=1S/C12H19N3O/c1-9-7-14-12(6-11(9)13)15-5-3-4-10(8-15)16-2/h6-7,10H,3-5,8H2,1-2H3,(H2,13,14). The monoisotopic (exact) mass is 221 g/mol. The molecule has 1 saturated heterocycles. The highest BCUT2D eigenvalue weighted by Crippen LogP contribution is 2.22. The average molecular weight is 221 g/mol. The largest absolute Gasteiger partial charge is 0.398 e. The minimum absolute atomic E-state index is 0.318. The summed E-state index contributed by atoms with van der Waals surface area (Å²) in [5.41, 5.74) is 7.74. The molecule has 0 aliphatic carbocycles. The molecule has 1 aromatic rings. The number of aromatic nitrogens is 1. The van der Waals surface area contributed by atoms with Crippen molar-refractivity contribution < 1.29 is 4.74 Å². The molecule has 1 atom stereocenters. The summed E-state index contributed by atoms with van der Waals surface area (Å²) in [6.07, 6.45) is 4.43. The molecular formula is C12H19N3O. The Kier molecular flexibility index (Phi) is 3.29. The molecule has 4 nitrogen and oxygen atoms in total. The summed E-state index contributed by atoms with van der Waals surface area (Å²) in [4.78, 5) is 6.67. The van der Waals surface area contributed by atoms with Crippen LogP contribution < -0.4 is 10.6 Å². The summed E-state index contributed by atoms with van der Waals surface area (Å²) >= 11 is 0. The second-order valence-electron chi connectivity index (χ2n) is 4.35. The van der Waals surface area contributed by atoms with E-state index in [1.807, 2.05) is 19.2 Å². The van der Waals surface area contributed by atoms with Crippen LogP contribution in [0, 0.1) is 6.92 Å². The van der Waals surface area contributed by atoms with Crippen LogP contribution >= 0.6 is 0 Å². The first-order chi connectivity index (χ1) is 7.70. The van der Waals surface area contributed by atoms with Crippen LogP contribution in [0.15, 0.2) is 12.3 Å². The maximum Gasteiger partial charge on any atom is 0.130 e. The lowest BCUT2D eigenvalue weighted by atomic mass is 10.1. The molecule has 0 aromatic carbocycles. The third-order valence-electron chi connectivity index (χ3n) is 3.17. The second kappa shape index (κ2) is 4.70. The highest BCUT2D eigenvalue weighted by molar-refractivity contribution is 5.54. The number of rotatable bonds is 2. The number of methoxy groups -OCH3 is 1. The van der Waals surface area contributed by atoms with Gasteiger partial charge < -0.3 is 15.4 Å². The van der Waals surface area contributed by atoms with E-state index in [1.165, 1.54) is 0 Å². The number of nitrogens with two attached hydrogens (primary N) is 1. The molecule has 0 amide bonds. The van der Waals surface area contributed by atoms with Crippen LogP contribution in [0.25, 0.3) is 0 Å². The van der Waals surface area contributed by atoms with E-state index in [2.05, 4.69) is 9.88 Å². The second-order valence-corrected chi connectivity index (χ2v) is 4.35. The molecule has 1 unspecified atom stereocenters. The number of hydrogen-bond acceptors (Lipinski definition) is 4. The summed E-state index contributed by atoms with van der Waals surface area (Å²) in [7, 11) is 1.77. The van der Waals surface area contributed by atoms with Gasteiger partial charge in [-0.3, -0.25) is 0 Å². The number of pyridine rings is 1. The third kappa shape index (κ3) is 2.27. The summed E-state index contributed by atoms with van der Waals surface area (Å²) < 4.78 is 5.40. The maximum absolute atomic E-state index is 5.90. The van der Waals surface area contributed by atoms with E-state index in [1.54, 1.807) is 7.11 Å². The molecule has 2 heterocycles. The van der Waals surface area contributed by atoms with Crippen molar-refractivity contribution >= 4 is 11.5 Å². The van der Waals surface area contributed by atoms with E-state index in [0.29, 0.717) is 6.10 Å². The molecule has 1 aliphatic rings. The van der Waals surface area contributed by atoms with Crippen molar-refractivity contribution in [2.24, 2.45) is 0 Å². The third-order valence-corrected chi connectivity index (χ3v) is 3.17. The Balaban J connectivity index is 2.13. The van der Waals surface area contributed by atoms with Crippen molar-refractivity contribution in [2.75, 3.05) is 30.8 Å². The number of nitrogen functional groups attached to an aromatic ring is 1. The normalized spacial score (nSPS) is 21.1. The van der Waals surface area contributed by atoms with Gasteiger partial charge in [0.2, 0.25) is 0 Å². The number of anilines is 2. The Labute approximate surface area is 96.4 Å². The first-order valence-corrected chi connectivity index (χ1v) is 5.70. The van der Waals surface area contributed by atoms with Gasteiger partial charge in [0, 0.05) is 38.1 Å². The van der Waals surface area contributed by atoms with Crippen molar-refractivity contribution in [3.8, 4) is 0 Å². The first kappa shape index (κ1) is 11.2. The molecule has 88 valence electrons. The predicted molar refractivity (Wildman–Crippen MR) is 65.6 cm³/mol. The van der Waals surface area contributed by atoms with E-state index >= 15 is 0 Å². The Morgan fingerprint density at radius 3 is 3.06 bits per heavy atom. The fourth-order valence-electron chi connectivity index (χ4n) is 2.04. The van der Waals surface area contributed by atoms with E-state index in [-0.39, 0.29) is 0 Å². The lowest BCUT2D eigenvalue weighted by Crippen LogP contribution is -2.39. The van der Waals surface area contributed by atoms with Crippen LogP contribution in [0.2, 0.25) is 0 Å². The Morgan fingerprint density at radius 2 is 2.38 bits per heavy atom. The fourth-order valence-corrected chi connectivity index (χ4v) is 2.04. The lowest BCUT2D eigenvalue weighted by molar-refractivity contribution is 0.0891. The maximum atomic E-state index is 5.90. The van der Waals surface area contributed by atoms with Crippen LogP contribution in [0.3, 0.4) is 0 Å². The highest BCUT2D eigenvalue weighted by Gasteiger charge is 2.20. The van der Waals surface area contributed by atoms with Gasteiger partial charge in [0.25, 0.3) is 0 Å². The smallest absolute Gasteiger partial charge is 0.130 e.